The number of benzene rings is 3. The van der Waals surface area contributed by atoms with Gasteiger partial charge in [0.2, 0.25) is 17.7 Å². The van der Waals surface area contributed by atoms with Crippen molar-refractivity contribution in [2.24, 2.45) is 5.41 Å². The van der Waals surface area contributed by atoms with Crippen molar-refractivity contribution >= 4 is 40.4 Å². The molecule has 1 fully saturated rings. The van der Waals surface area contributed by atoms with Crippen molar-refractivity contribution in [1.29, 1.82) is 0 Å². The van der Waals surface area contributed by atoms with Crippen molar-refractivity contribution in [3.8, 4) is 27.3 Å². The lowest BCUT2D eigenvalue weighted by Crippen LogP contribution is -2.58. The maximum Gasteiger partial charge on any atom is 0.246 e. The van der Waals surface area contributed by atoms with Gasteiger partial charge in [-0.15, -0.1) is 11.3 Å². The van der Waals surface area contributed by atoms with Crippen LogP contribution in [0.3, 0.4) is 0 Å². The number of carbonyl (C=O) groups excluding carboxylic acids is 3. The SMILES string of the molecule is Cc1ccc(-c2c(C)noc2C)cc1N(CCCCOCC(=O)N[C@H](C(=O)N1C[C@H](O)C[C@H]1C(=O)N[C@@H](C)c1ccc(-c2scnc2C)cc1)C(C)(C)C)c1ccc(-n2ccnc2)cc1. The zero-order valence-electron chi connectivity index (χ0n) is 38.5. The zero-order chi connectivity index (χ0) is 46.4. The third kappa shape index (κ3) is 11.0. The predicted octanol–water partition coefficient (Wildman–Crippen LogP) is 8.19. The highest BCUT2D eigenvalue weighted by atomic mass is 32.1. The summed E-state index contributed by atoms with van der Waals surface area (Å²) in [6, 6.07) is 20.5. The van der Waals surface area contributed by atoms with Gasteiger partial charge in [-0.25, -0.2) is 9.97 Å². The fraction of sp³-hybridized carbons (Fsp3) is 0.400. The predicted molar refractivity (Wildman–Crippen MR) is 253 cm³/mol. The molecule has 0 bridgehead atoms. The van der Waals surface area contributed by atoms with E-state index >= 15 is 0 Å². The number of thiazole rings is 1. The van der Waals surface area contributed by atoms with E-state index in [1.54, 1.807) is 23.9 Å². The molecule has 0 unspecified atom stereocenters. The standard InChI is InChI=1S/C50H60N8O6S/c1-31-11-12-38(45-33(3)55-64-35(45)5)25-42(31)57(40-19-17-39(18-20-40)56-23-21-51-29-56)22-9-10-24-63-28-44(60)54-47(50(6,7)8)49(62)58-27-41(59)26-43(58)48(61)53-32(2)36-13-15-37(16-14-36)46-34(4)52-30-65-46/h11-21,23,25,29-30,32,41,43,47,59H,9-10,22,24,26-28H2,1-8H3,(H,53,61)(H,54,60)/t32-,41+,43-,47+/m0/s1. The highest BCUT2D eigenvalue weighted by molar-refractivity contribution is 7.13. The van der Waals surface area contributed by atoms with Gasteiger partial charge < -0.3 is 39.4 Å². The highest BCUT2D eigenvalue weighted by Crippen LogP contribution is 2.36. The second-order valence-electron chi connectivity index (χ2n) is 18.0. The number of rotatable bonds is 17. The Balaban J connectivity index is 0.947. The van der Waals surface area contributed by atoms with Crippen LogP contribution in [0.4, 0.5) is 11.4 Å². The monoisotopic (exact) mass is 900 g/mol. The van der Waals surface area contributed by atoms with Gasteiger partial charge in [-0.05, 0) is 105 Å². The number of unbranched alkanes of at least 4 members (excludes halogenated alkanes) is 1. The van der Waals surface area contributed by atoms with Gasteiger partial charge in [0.1, 0.15) is 24.5 Å². The Bertz CT molecular complexity index is 2540. The summed E-state index contributed by atoms with van der Waals surface area (Å²) in [6.07, 6.45) is 6.11. The molecular weight excluding hydrogens is 841 g/mol. The number of amides is 3. The number of aliphatic hydroxyl groups excluding tert-OH is 1. The Labute approximate surface area is 385 Å². The number of aliphatic hydroxyl groups is 1. The molecule has 1 saturated heterocycles. The lowest BCUT2D eigenvalue weighted by Gasteiger charge is -2.35. The van der Waals surface area contributed by atoms with E-state index in [1.165, 1.54) is 4.90 Å². The van der Waals surface area contributed by atoms with Gasteiger partial charge in [-0.3, -0.25) is 14.4 Å². The van der Waals surface area contributed by atoms with Gasteiger partial charge in [-0.1, -0.05) is 62.3 Å². The number of anilines is 2. The number of ether oxygens (including phenoxy) is 1. The topological polar surface area (TPSA) is 168 Å². The maximum absolute atomic E-state index is 14.2. The van der Waals surface area contributed by atoms with E-state index < -0.39 is 35.4 Å². The van der Waals surface area contributed by atoms with Crippen molar-refractivity contribution in [2.45, 2.75) is 98.9 Å². The van der Waals surface area contributed by atoms with Crippen LogP contribution in [0.1, 0.15) is 81.3 Å². The summed E-state index contributed by atoms with van der Waals surface area (Å²) >= 11 is 1.58. The van der Waals surface area contributed by atoms with Gasteiger partial charge in [0.05, 0.1) is 40.2 Å². The van der Waals surface area contributed by atoms with Gasteiger partial charge in [0.25, 0.3) is 0 Å². The zero-order valence-corrected chi connectivity index (χ0v) is 39.3. The minimum Gasteiger partial charge on any atom is -0.391 e. The van der Waals surface area contributed by atoms with Crippen molar-refractivity contribution < 1.29 is 28.8 Å². The Kier molecular flexibility index (Phi) is 14.7. The lowest BCUT2D eigenvalue weighted by molar-refractivity contribution is -0.144. The van der Waals surface area contributed by atoms with Crippen molar-refractivity contribution in [3.05, 3.63) is 119 Å². The number of likely N-dealkylation sites (tertiary alicyclic amines) is 1. The number of imidazole rings is 1. The van der Waals surface area contributed by atoms with E-state index in [0.29, 0.717) is 19.6 Å². The Morgan fingerprint density at radius 1 is 0.969 bits per heavy atom. The first-order valence-electron chi connectivity index (χ1n) is 22.1. The van der Waals surface area contributed by atoms with Crippen LogP contribution in [0.15, 0.2) is 95.5 Å². The number of nitrogens with one attached hydrogen (secondary N) is 2. The molecule has 6 aromatic rings. The van der Waals surface area contributed by atoms with E-state index in [-0.39, 0.29) is 31.5 Å². The van der Waals surface area contributed by atoms with E-state index in [9.17, 15) is 19.5 Å². The number of aryl methyl sites for hydroxylation is 4. The number of hydrogen-bond donors (Lipinski definition) is 3. The summed E-state index contributed by atoms with van der Waals surface area (Å²) in [5.74, 6) is -0.455. The van der Waals surface area contributed by atoms with Gasteiger partial charge in [0.15, 0.2) is 0 Å². The van der Waals surface area contributed by atoms with E-state index in [0.717, 1.165) is 73.3 Å². The van der Waals surface area contributed by atoms with Crippen molar-refractivity contribution in [2.75, 3.05) is 31.2 Å². The molecule has 3 N–H and O–H groups in total. The molecule has 0 aliphatic carbocycles. The quantitative estimate of drug-likeness (QED) is 0.0760. The van der Waals surface area contributed by atoms with E-state index in [1.807, 2.05) is 89.0 Å². The molecule has 65 heavy (non-hydrogen) atoms. The average Bonchev–Trinajstić information content (AvgIpc) is 4.11. The van der Waals surface area contributed by atoms with Crippen LogP contribution in [-0.2, 0) is 19.1 Å². The summed E-state index contributed by atoms with van der Waals surface area (Å²) < 4.78 is 13.4. The number of hydrogen-bond acceptors (Lipinski definition) is 11. The molecule has 3 amide bonds. The summed E-state index contributed by atoms with van der Waals surface area (Å²) in [5, 5.41) is 20.8. The van der Waals surface area contributed by atoms with Crippen LogP contribution in [0, 0.1) is 33.1 Å². The van der Waals surface area contributed by atoms with Crippen LogP contribution in [-0.4, -0.2) is 91.9 Å². The third-order valence-electron chi connectivity index (χ3n) is 12.0. The van der Waals surface area contributed by atoms with Crippen LogP contribution < -0.4 is 15.5 Å². The minimum atomic E-state index is -0.961. The number of nitrogens with zero attached hydrogens (tertiary/aromatic N) is 6. The lowest BCUT2D eigenvalue weighted by atomic mass is 9.85. The molecule has 1 aliphatic rings. The van der Waals surface area contributed by atoms with Gasteiger partial charge in [0, 0.05) is 61.1 Å². The Morgan fingerprint density at radius 3 is 2.35 bits per heavy atom. The molecule has 3 aromatic carbocycles. The molecule has 15 heteroatoms. The van der Waals surface area contributed by atoms with E-state index in [2.05, 4.69) is 80.0 Å². The number of carbonyl (C=O) groups is 3. The fourth-order valence-electron chi connectivity index (χ4n) is 8.41. The minimum absolute atomic E-state index is 0.0114. The molecule has 0 saturated carbocycles. The molecule has 0 spiro atoms. The average molecular weight is 901 g/mol. The first-order valence-corrected chi connectivity index (χ1v) is 23.0. The van der Waals surface area contributed by atoms with Crippen LogP contribution >= 0.6 is 11.3 Å². The first kappa shape index (κ1) is 46.8. The van der Waals surface area contributed by atoms with E-state index in [4.69, 9.17) is 9.26 Å². The fourth-order valence-corrected chi connectivity index (χ4v) is 9.22. The second kappa shape index (κ2) is 20.3. The Morgan fingerprint density at radius 2 is 1.71 bits per heavy atom. The first-order chi connectivity index (χ1) is 31.1. The smallest absolute Gasteiger partial charge is 0.246 e. The molecule has 4 heterocycles. The molecule has 342 valence electrons. The number of aromatic nitrogens is 4. The second-order valence-corrected chi connectivity index (χ2v) is 18.8. The molecule has 7 rings (SSSR count). The molecular formula is C50H60N8O6S. The highest BCUT2D eigenvalue weighted by Gasteiger charge is 2.44. The molecule has 1 aliphatic heterocycles. The van der Waals surface area contributed by atoms with Gasteiger partial charge in [-0.2, -0.15) is 0 Å². The molecule has 4 atom stereocenters. The summed E-state index contributed by atoms with van der Waals surface area (Å²) in [4.78, 5) is 54.7. The molecule has 3 aromatic heterocycles. The van der Waals surface area contributed by atoms with Crippen LogP contribution in [0.5, 0.6) is 0 Å². The summed E-state index contributed by atoms with van der Waals surface area (Å²) in [7, 11) is 0. The largest absolute Gasteiger partial charge is 0.391 e. The van der Waals surface area contributed by atoms with Crippen LogP contribution in [0.25, 0.3) is 27.3 Å². The third-order valence-corrected chi connectivity index (χ3v) is 13.0. The van der Waals surface area contributed by atoms with Crippen molar-refractivity contribution in [1.82, 2.24) is 35.2 Å². The summed E-state index contributed by atoms with van der Waals surface area (Å²) in [5.41, 5.74) is 11.1. The normalized spacial score (nSPS) is 16.0. The summed E-state index contributed by atoms with van der Waals surface area (Å²) in [6.45, 7) is 16.2. The number of β-amino-alcohol motifs (C(OH)–C–C–N with tert-alkyl or cyclic N) is 1. The van der Waals surface area contributed by atoms with Crippen LogP contribution in [0.2, 0.25) is 0 Å². The molecule has 0 radical (unpaired) electrons. The Hall–Kier alpha value is -6.16. The maximum atomic E-state index is 14.2. The molecule has 14 nitrogen and oxygen atoms in total. The van der Waals surface area contributed by atoms with Crippen molar-refractivity contribution in [3.63, 3.8) is 0 Å². The van der Waals surface area contributed by atoms with Gasteiger partial charge >= 0.3 is 0 Å².